The summed E-state index contributed by atoms with van der Waals surface area (Å²) in [5, 5.41) is 0. The van der Waals surface area contributed by atoms with Gasteiger partial charge in [-0.05, 0) is 51.0 Å². The van der Waals surface area contributed by atoms with E-state index in [1.54, 1.807) is 0 Å². The molecule has 1 aliphatic heterocycles. The Balaban J connectivity index is 1.62. The molecule has 0 aliphatic carbocycles. The minimum absolute atomic E-state index is 0.274. The van der Waals surface area contributed by atoms with E-state index in [0.29, 0.717) is 6.54 Å². The van der Waals surface area contributed by atoms with Gasteiger partial charge in [-0.3, -0.25) is 4.79 Å². The van der Waals surface area contributed by atoms with Crippen molar-refractivity contribution >= 4 is 11.5 Å². The molecule has 1 fully saturated rings. The Bertz CT molecular complexity index is 783. The molecule has 1 N–H and O–H groups in total. The summed E-state index contributed by atoms with van der Waals surface area (Å²) in [6, 6.07) is 8.56. The smallest absolute Gasteiger partial charge is 0.218 e. The van der Waals surface area contributed by atoms with Crippen molar-refractivity contribution in [1.29, 1.82) is 0 Å². The average Bonchev–Trinajstić information content (AvgIpc) is 2.86. The fraction of sp³-hybridized carbons (Fsp3) is 0.476. The van der Waals surface area contributed by atoms with Gasteiger partial charge in [-0.1, -0.05) is 12.1 Å². The van der Waals surface area contributed by atoms with E-state index < -0.39 is 0 Å². The molecule has 4 heteroatoms. The van der Waals surface area contributed by atoms with Gasteiger partial charge in [0.25, 0.3) is 0 Å². The Morgan fingerprint density at radius 3 is 2.40 bits per heavy atom. The Morgan fingerprint density at radius 2 is 1.80 bits per heavy atom. The topological polar surface area (TPSA) is 29.7 Å². The second-order valence-electron chi connectivity index (χ2n) is 7.40. The molecule has 0 spiro atoms. The van der Waals surface area contributed by atoms with E-state index in [9.17, 15) is 4.79 Å². The highest BCUT2D eigenvalue weighted by Crippen LogP contribution is 2.22. The number of piperazine rings is 1. The molecule has 1 aromatic carbocycles. The highest BCUT2D eigenvalue weighted by atomic mass is 16.1. The van der Waals surface area contributed by atoms with Crippen LogP contribution in [0.4, 0.5) is 5.69 Å². The molecule has 4 nitrogen and oxygen atoms in total. The summed E-state index contributed by atoms with van der Waals surface area (Å²) in [5.74, 6) is 0.274. The first-order valence-electron chi connectivity index (χ1n) is 9.19. The maximum atomic E-state index is 12.7. The molecule has 1 aromatic heterocycles. The van der Waals surface area contributed by atoms with Gasteiger partial charge < -0.3 is 14.4 Å². The van der Waals surface area contributed by atoms with Crippen molar-refractivity contribution in [3.05, 3.63) is 52.3 Å². The number of aryl methyl sites for hydroxylation is 2. The summed E-state index contributed by atoms with van der Waals surface area (Å²) in [7, 11) is 2.03. The molecule has 2 aromatic rings. The molecule has 2 heterocycles. The number of benzene rings is 1. The van der Waals surface area contributed by atoms with Crippen LogP contribution in [0.3, 0.4) is 0 Å². The molecule has 0 bridgehead atoms. The number of carbonyl (C=O) groups is 1. The number of quaternary nitrogens is 1. The van der Waals surface area contributed by atoms with Crippen LogP contribution in [0.2, 0.25) is 0 Å². The second-order valence-corrected chi connectivity index (χ2v) is 7.40. The molecule has 0 radical (unpaired) electrons. The van der Waals surface area contributed by atoms with Crippen molar-refractivity contribution in [3.8, 4) is 0 Å². The Morgan fingerprint density at radius 1 is 1.12 bits per heavy atom. The molecule has 0 unspecified atom stereocenters. The highest BCUT2D eigenvalue weighted by molar-refractivity contribution is 5.98. The largest absolute Gasteiger partial charge is 0.360 e. The van der Waals surface area contributed by atoms with Crippen LogP contribution in [0.5, 0.6) is 0 Å². The van der Waals surface area contributed by atoms with Crippen molar-refractivity contribution in [1.82, 2.24) is 4.57 Å². The van der Waals surface area contributed by atoms with Crippen LogP contribution >= 0.6 is 0 Å². The fourth-order valence-electron chi connectivity index (χ4n) is 3.78. The van der Waals surface area contributed by atoms with Gasteiger partial charge >= 0.3 is 0 Å². The number of ketones is 1. The van der Waals surface area contributed by atoms with Gasteiger partial charge in [0.05, 0.1) is 26.2 Å². The Hall–Kier alpha value is -2.07. The van der Waals surface area contributed by atoms with E-state index in [4.69, 9.17) is 0 Å². The molecule has 134 valence electrons. The quantitative estimate of drug-likeness (QED) is 0.861. The monoisotopic (exact) mass is 340 g/mol. The van der Waals surface area contributed by atoms with Gasteiger partial charge in [0.15, 0.2) is 0 Å². The molecule has 1 aliphatic rings. The second kappa shape index (κ2) is 7.04. The summed E-state index contributed by atoms with van der Waals surface area (Å²) in [6.45, 7) is 13.1. The van der Waals surface area contributed by atoms with E-state index in [0.717, 1.165) is 43.1 Å². The number of anilines is 1. The average molecular weight is 340 g/mol. The summed E-state index contributed by atoms with van der Waals surface area (Å²) >= 11 is 0. The Labute approximate surface area is 151 Å². The zero-order valence-corrected chi connectivity index (χ0v) is 16.1. The maximum Gasteiger partial charge on any atom is 0.218 e. The van der Waals surface area contributed by atoms with Crippen LogP contribution in [-0.4, -0.2) is 43.1 Å². The summed E-state index contributed by atoms with van der Waals surface area (Å²) < 4.78 is 2.10. The predicted octanol–water partition coefficient (Wildman–Crippen LogP) is 1.85. The summed E-state index contributed by atoms with van der Waals surface area (Å²) in [4.78, 5) is 16.6. The molecule has 25 heavy (non-hydrogen) atoms. The number of aromatic nitrogens is 1. The van der Waals surface area contributed by atoms with E-state index in [2.05, 4.69) is 48.4 Å². The fourth-order valence-corrected chi connectivity index (χ4v) is 3.78. The first-order valence-corrected chi connectivity index (χ1v) is 9.19. The maximum absolute atomic E-state index is 12.7. The van der Waals surface area contributed by atoms with Gasteiger partial charge in [0.1, 0.15) is 6.54 Å². The van der Waals surface area contributed by atoms with Gasteiger partial charge in [0.2, 0.25) is 5.78 Å². The zero-order valence-electron chi connectivity index (χ0n) is 16.1. The van der Waals surface area contributed by atoms with Crippen LogP contribution in [0.25, 0.3) is 0 Å². The Kier molecular flexibility index (Phi) is 5.00. The normalized spacial score (nSPS) is 15.6. The van der Waals surface area contributed by atoms with Gasteiger partial charge in [0, 0.05) is 29.7 Å². The number of carbonyl (C=O) groups excluding carboxylic acids is 1. The first kappa shape index (κ1) is 17.7. The predicted molar refractivity (Wildman–Crippen MR) is 103 cm³/mol. The van der Waals surface area contributed by atoms with E-state index in [1.807, 2.05) is 20.0 Å². The third-order valence-corrected chi connectivity index (χ3v) is 5.87. The first-order chi connectivity index (χ1) is 11.9. The molecule has 0 amide bonds. The van der Waals surface area contributed by atoms with Crippen LogP contribution in [-0.2, 0) is 7.05 Å². The summed E-state index contributed by atoms with van der Waals surface area (Å²) in [6.07, 6.45) is 0. The number of rotatable bonds is 4. The van der Waals surface area contributed by atoms with E-state index >= 15 is 0 Å². The lowest BCUT2D eigenvalue weighted by Gasteiger charge is -2.34. The van der Waals surface area contributed by atoms with E-state index in [1.165, 1.54) is 21.7 Å². The van der Waals surface area contributed by atoms with Crippen molar-refractivity contribution in [2.75, 3.05) is 37.6 Å². The highest BCUT2D eigenvalue weighted by Gasteiger charge is 2.25. The van der Waals surface area contributed by atoms with Crippen molar-refractivity contribution < 1.29 is 9.69 Å². The van der Waals surface area contributed by atoms with Crippen molar-refractivity contribution in [2.24, 2.45) is 7.05 Å². The molecule has 0 saturated carbocycles. The lowest BCUT2D eigenvalue weighted by atomic mass is 10.1. The minimum atomic E-state index is 0.274. The molecular formula is C21H30N3O+. The van der Waals surface area contributed by atoms with Crippen LogP contribution in [0, 0.1) is 27.7 Å². The number of nitrogens with one attached hydrogen (secondary N) is 1. The van der Waals surface area contributed by atoms with Gasteiger partial charge in [-0.15, -0.1) is 0 Å². The molecular weight excluding hydrogens is 310 g/mol. The third-order valence-electron chi connectivity index (χ3n) is 5.87. The van der Waals surface area contributed by atoms with Crippen molar-refractivity contribution in [2.45, 2.75) is 27.7 Å². The van der Waals surface area contributed by atoms with Gasteiger partial charge in [-0.2, -0.15) is 0 Å². The zero-order chi connectivity index (χ0) is 18.1. The number of Topliss-reactive ketones (excluding diaryl/α,β-unsaturated/α-hetero) is 1. The third kappa shape index (κ3) is 3.49. The van der Waals surface area contributed by atoms with Crippen LogP contribution < -0.4 is 9.80 Å². The number of nitrogens with zero attached hydrogens (tertiary/aromatic N) is 2. The van der Waals surface area contributed by atoms with Crippen LogP contribution in [0.15, 0.2) is 24.3 Å². The minimum Gasteiger partial charge on any atom is -0.360 e. The molecule has 3 rings (SSSR count). The standard InChI is InChI=1S/C21H29N3O/c1-15-7-6-8-20(17(15)3)24-11-9-23(10-12-24)14-21(25)19-13-16(2)22(5)18(19)4/h6-8,13H,9-12,14H2,1-5H3/p+1. The lowest BCUT2D eigenvalue weighted by Crippen LogP contribution is -3.15. The lowest BCUT2D eigenvalue weighted by molar-refractivity contribution is -0.892. The van der Waals surface area contributed by atoms with Crippen LogP contribution in [0.1, 0.15) is 32.9 Å². The number of hydrogen-bond donors (Lipinski definition) is 1. The SMILES string of the molecule is Cc1cccc(N2CC[NH+](CC(=O)c3cc(C)n(C)c3C)CC2)c1C. The van der Waals surface area contributed by atoms with Crippen molar-refractivity contribution in [3.63, 3.8) is 0 Å². The number of hydrogen-bond acceptors (Lipinski definition) is 2. The van der Waals surface area contributed by atoms with Gasteiger partial charge in [-0.25, -0.2) is 0 Å². The van der Waals surface area contributed by atoms with E-state index in [-0.39, 0.29) is 5.78 Å². The molecule has 0 atom stereocenters. The molecule has 1 saturated heterocycles. The summed E-state index contributed by atoms with van der Waals surface area (Å²) in [5.41, 5.74) is 7.19.